The Balaban J connectivity index is 1.75. The molecular weight excluding hydrogens is 184 g/mol. The lowest BCUT2D eigenvalue weighted by Gasteiger charge is -2.42. The zero-order valence-electron chi connectivity index (χ0n) is 9.02. The number of fused-ring (bicyclic) bond motifs is 1. The molecule has 0 spiro atoms. The maximum absolute atomic E-state index is 5.67. The van der Waals surface area contributed by atoms with Gasteiger partial charge in [0, 0.05) is 18.3 Å². The number of benzene rings is 1. The van der Waals surface area contributed by atoms with Gasteiger partial charge in [-0.15, -0.1) is 0 Å². The first-order valence-corrected chi connectivity index (χ1v) is 5.93. The fourth-order valence-corrected chi connectivity index (χ4v) is 2.89. The smallest absolute Gasteiger partial charge is 0.0402 e. The van der Waals surface area contributed by atoms with E-state index in [4.69, 9.17) is 5.73 Å². The topological polar surface area (TPSA) is 29.3 Å². The summed E-state index contributed by atoms with van der Waals surface area (Å²) in [4.78, 5) is 2.58. The summed E-state index contributed by atoms with van der Waals surface area (Å²) in [6, 6.07) is 9.58. The average Bonchev–Trinajstić information content (AvgIpc) is 2.61. The molecule has 1 aliphatic heterocycles. The Morgan fingerprint density at radius 1 is 1.27 bits per heavy atom. The third-order valence-electron chi connectivity index (χ3n) is 3.91. The highest BCUT2D eigenvalue weighted by molar-refractivity contribution is 5.58. The van der Waals surface area contributed by atoms with Gasteiger partial charge in [0.25, 0.3) is 0 Å². The number of anilines is 1. The molecular formula is C13H18N2. The molecule has 0 saturated heterocycles. The van der Waals surface area contributed by atoms with E-state index >= 15 is 0 Å². The minimum Gasteiger partial charge on any atom is -0.368 e. The predicted molar refractivity (Wildman–Crippen MR) is 63.1 cm³/mol. The van der Waals surface area contributed by atoms with Crippen molar-refractivity contribution >= 4 is 5.69 Å². The van der Waals surface area contributed by atoms with Gasteiger partial charge in [0.05, 0.1) is 0 Å². The van der Waals surface area contributed by atoms with E-state index in [1.807, 2.05) is 0 Å². The van der Waals surface area contributed by atoms with Gasteiger partial charge in [-0.3, -0.25) is 0 Å². The molecule has 0 aromatic heterocycles. The normalized spacial score (nSPS) is 28.7. The first kappa shape index (κ1) is 9.22. The van der Waals surface area contributed by atoms with Gasteiger partial charge >= 0.3 is 0 Å². The fourth-order valence-electron chi connectivity index (χ4n) is 2.89. The molecule has 2 N–H and O–H groups in total. The summed E-state index contributed by atoms with van der Waals surface area (Å²) in [6.45, 7) is 2.08. The quantitative estimate of drug-likeness (QED) is 0.792. The molecule has 2 nitrogen and oxygen atoms in total. The van der Waals surface area contributed by atoms with E-state index in [9.17, 15) is 0 Å². The second-order valence-electron chi connectivity index (χ2n) is 4.80. The maximum Gasteiger partial charge on any atom is 0.0402 e. The van der Waals surface area contributed by atoms with Crippen molar-refractivity contribution in [2.75, 3.05) is 18.0 Å². The van der Waals surface area contributed by atoms with Crippen molar-refractivity contribution in [3.8, 4) is 0 Å². The fraction of sp³-hybridized carbons (Fsp3) is 0.538. The molecule has 1 heterocycles. The molecule has 15 heavy (non-hydrogen) atoms. The van der Waals surface area contributed by atoms with Gasteiger partial charge in [-0.05, 0) is 43.4 Å². The summed E-state index contributed by atoms with van der Waals surface area (Å²) in [5.41, 5.74) is 8.66. The van der Waals surface area contributed by atoms with Crippen molar-refractivity contribution in [2.24, 2.45) is 11.7 Å². The highest BCUT2D eigenvalue weighted by atomic mass is 15.2. The lowest BCUT2D eigenvalue weighted by Crippen LogP contribution is -2.46. The summed E-state index contributed by atoms with van der Waals surface area (Å²) < 4.78 is 0. The Morgan fingerprint density at radius 3 is 2.87 bits per heavy atom. The van der Waals surface area contributed by atoms with Crippen LogP contribution in [0.5, 0.6) is 0 Å². The molecule has 0 atom stereocenters. The van der Waals surface area contributed by atoms with Gasteiger partial charge < -0.3 is 10.6 Å². The minimum absolute atomic E-state index is 0.766. The van der Waals surface area contributed by atoms with Crippen LogP contribution in [-0.4, -0.2) is 19.1 Å². The molecule has 1 aromatic rings. The zero-order valence-corrected chi connectivity index (χ0v) is 9.02. The van der Waals surface area contributed by atoms with E-state index in [2.05, 4.69) is 29.2 Å². The van der Waals surface area contributed by atoms with E-state index in [1.54, 1.807) is 0 Å². The number of para-hydroxylation sites is 1. The standard InChI is InChI=1S/C13H18N2/c14-9-10-7-12(8-10)15-6-5-11-3-1-2-4-13(11)15/h1-4,10,12H,5-9,14H2. The second-order valence-corrected chi connectivity index (χ2v) is 4.80. The summed E-state index contributed by atoms with van der Waals surface area (Å²) in [5, 5.41) is 0. The summed E-state index contributed by atoms with van der Waals surface area (Å²) in [7, 11) is 0. The number of nitrogens with zero attached hydrogens (tertiary/aromatic N) is 1. The van der Waals surface area contributed by atoms with Crippen molar-refractivity contribution in [2.45, 2.75) is 25.3 Å². The van der Waals surface area contributed by atoms with Crippen LogP contribution in [-0.2, 0) is 6.42 Å². The minimum atomic E-state index is 0.766. The third-order valence-corrected chi connectivity index (χ3v) is 3.91. The summed E-state index contributed by atoms with van der Waals surface area (Å²) in [6.07, 6.45) is 3.82. The molecule has 0 amide bonds. The van der Waals surface area contributed by atoms with Gasteiger partial charge in [-0.1, -0.05) is 18.2 Å². The van der Waals surface area contributed by atoms with Gasteiger partial charge in [-0.2, -0.15) is 0 Å². The molecule has 1 fully saturated rings. The molecule has 80 valence electrons. The van der Waals surface area contributed by atoms with Crippen LogP contribution < -0.4 is 10.6 Å². The molecule has 1 aromatic carbocycles. The third kappa shape index (κ3) is 1.44. The first-order chi connectivity index (χ1) is 7.38. The van der Waals surface area contributed by atoms with Crippen LogP contribution in [0, 0.1) is 5.92 Å². The maximum atomic E-state index is 5.67. The van der Waals surface area contributed by atoms with E-state index in [0.717, 1.165) is 18.5 Å². The molecule has 2 heteroatoms. The van der Waals surface area contributed by atoms with Crippen LogP contribution in [0.2, 0.25) is 0 Å². The number of rotatable bonds is 2. The lowest BCUT2D eigenvalue weighted by molar-refractivity contribution is 0.262. The Bertz CT molecular complexity index is 355. The molecule has 0 bridgehead atoms. The van der Waals surface area contributed by atoms with Crippen LogP contribution in [0.1, 0.15) is 18.4 Å². The van der Waals surface area contributed by atoms with Crippen LogP contribution in [0.3, 0.4) is 0 Å². The monoisotopic (exact) mass is 202 g/mol. The van der Waals surface area contributed by atoms with E-state index in [-0.39, 0.29) is 0 Å². The van der Waals surface area contributed by atoms with E-state index in [0.29, 0.717) is 0 Å². The van der Waals surface area contributed by atoms with Crippen molar-refractivity contribution in [3.63, 3.8) is 0 Å². The van der Waals surface area contributed by atoms with Gasteiger partial charge in [0.1, 0.15) is 0 Å². The van der Waals surface area contributed by atoms with Gasteiger partial charge in [0.2, 0.25) is 0 Å². The zero-order chi connectivity index (χ0) is 10.3. The van der Waals surface area contributed by atoms with Gasteiger partial charge in [0.15, 0.2) is 0 Å². The molecule has 0 radical (unpaired) electrons. The van der Waals surface area contributed by atoms with Crippen molar-refractivity contribution in [3.05, 3.63) is 29.8 Å². The largest absolute Gasteiger partial charge is 0.368 e. The second kappa shape index (κ2) is 3.53. The SMILES string of the molecule is NCC1CC(N2CCc3ccccc32)C1. The molecule has 2 aliphatic rings. The summed E-state index contributed by atoms with van der Waals surface area (Å²) in [5.74, 6) is 0.780. The Kier molecular flexibility index (Phi) is 2.17. The lowest BCUT2D eigenvalue weighted by atomic mass is 9.79. The van der Waals surface area contributed by atoms with Crippen LogP contribution >= 0.6 is 0 Å². The summed E-state index contributed by atoms with van der Waals surface area (Å²) >= 11 is 0. The first-order valence-electron chi connectivity index (χ1n) is 5.93. The number of hydrogen-bond donors (Lipinski definition) is 1. The van der Waals surface area contributed by atoms with Crippen LogP contribution in [0.15, 0.2) is 24.3 Å². The van der Waals surface area contributed by atoms with Crippen LogP contribution in [0.25, 0.3) is 0 Å². The molecule has 0 unspecified atom stereocenters. The van der Waals surface area contributed by atoms with Crippen molar-refractivity contribution in [1.82, 2.24) is 0 Å². The highest BCUT2D eigenvalue weighted by Gasteiger charge is 2.35. The van der Waals surface area contributed by atoms with E-state index < -0.39 is 0 Å². The Morgan fingerprint density at radius 2 is 2.07 bits per heavy atom. The number of hydrogen-bond acceptors (Lipinski definition) is 2. The predicted octanol–water partition coefficient (Wildman–Crippen LogP) is 1.79. The molecule has 1 aliphatic carbocycles. The Hall–Kier alpha value is -1.02. The van der Waals surface area contributed by atoms with Gasteiger partial charge in [-0.25, -0.2) is 0 Å². The molecule has 1 saturated carbocycles. The average molecular weight is 202 g/mol. The Labute approximate surface area is 91.1 Å². The molecule has 3 rings (SSSR count). The van der Waals surface area contributed by atoms with Crippen molar-refractivity contribution in [1.29, 1.82) is 0 Å². The van der Waals surface area contributed by atoms with E-state index in [1.165, 1.54) is 37.1 Å². The highest BCUT2D eigenvalue weighted by Crippen LogP contribution is 2.38. The van der Waals surface area contributed by atoms with Crippen molar-refractivity contribution < 1.29 is 0 Å². The number of nitrogens with two attached hydrogens (primary N) is 1. The van der Waals surface area contributed by atoms with Crippen LogP contribution in [0.4, 0.5) is 5.69 Å².